The van der Waals surface area contributed by atoms with Crippen molar-refractivity contribution < 1.29 is 18.6 Å². The smallest absolute Gasteiger partial charge is 0.193 e. The van der Waals surface area contributed by atoms with Gasteiger partial charge in [-0.1, -0.05) is 0 Å². The van der Waals surface area contributed by atoms with Crippen LogP contribution in [-0.4, -0.2) is 70.6 Å². The molecular formula is C20H32FN3O3. The number of ether oxygens (including phenoxy) is 3. The molecule has 1 saturated heterocycles. The average Bonchev–Trinajstić information content (AvgIpc) is 3.18. The molecule has 6 nitrogen and oxygen atoms in total. The first-order chi connectivity index (χ1) is 13.2. The van der Waals surface area contributed by atoms with Crippen molar-refractivity contribution in [2.75, 3.05) is 59.7 Å². The molecule has 1 heterocycles. The Morgan fingerprint density at radius 2 is 2.15 bits per heavy atom. The van der Waals surface area contributed by atoms with Crippen LogP contribution in [0.4, 0.5) is 4.39 Å². The van der Waals surface area contributed by atoms with Gasteiger partial charge in [0.25, 0.3) is 0 Å². The Kier molecular flexibility index (Phi) is 9.94. The number of nitrogens with zero attached hydrogens (tertiary/aromatic N) is 2. The molecule has 0 aliphatic carbocycles. The molecule has 0 radical (unpaired) electrons. The van der Waals surface area contributed by atoms with Crippen LogP contribution in [0.2, 0.25) is 0 Å². The summed E-state index contributed by atoms with van der Waals surface area (Å²) in [6.45, 7) is 7.94. The van der Waals surface area contributed by atoms with Crippen LogP contribution >= 0.6 is 0 Å². The summed E-state index contributed by atoms with van der Waals surface area (Å²) in [6.07, 6.45) is 2.00. The van der Waals surface area contributed by atoms with Crippen LogP contribution in [0.25, 0.3) is 0 Å². The third kappa shape index (κ3) is 8.58. The number of hydrogen-bond acceptors (Lipinski definition) is 4. The predicted molar refractivity (Wildman–Crippen MR) is 105 cm³/mol. The number of guanidine groups is 1. The zero-order valence-corrected chi connectivity index (χ0v) is 16.5. The second kappa shape index (κ2) is 12.5. The number of hydrogen-bond donors (Lipinski definition) is 1. The molecule has 1 aliphatic rings. The number of benzene rings is 1. The van der Waals surface area contributed by atoms with E-state index in [-0.39, 0.29) is 5.82 Å². The van der Waals surface area contributed by atoms with E-state index in [2.05, 4.69) is 10.3 Å². The quantitative estimate of drug-likeness (QED) is 0.363. The summed E-state index contributed by atoms with van der Waals surface area (Å²) < 4.78 is 29.6. The Morgan fingerprint density at radius 3 is 2.85 bits per heavy atom. The molecule has 1 fully saturated rings. The van der Waals surface area contributed by atoms with E-state index in [1.54, 1.807) is 12.1 Å². The lowest BCUT2D eigenvalue weighted by Crippen LogP contribution is -2.41. The van der Waals surface area contributed by atoms with Crippen molar-refractivity contribution in [3.8, 4) is 5.75 Å². The first-order valence-corrected chi connectivity index (χ1v) is 9.72. The second-order valence-electron chi connectivity index (χ2n) is 6.62. The molecule has 0 saturated carbocycles. The van der Waals surface area contributed by atoms with E-state index in [1.807, 2.05) is 18.9 Å². The highest BCUT2D eigenvalue weighted by Crippen LogP contribution is 2.12. The van der Waals surface area contributed by atoms with E-state index in [4.69, 9.17) is 14.2 Å². The van der Waals surface area contributed by atoms with Gasteiger partial charge in [-0.2, -0.15) is 0 Å². The number of rotatable bonds is 11. The van der Waals surface area contributed by atoms with Crippen molar-refractivity contribution >= 4 is 5.96 Å². The standard InChI is InChI=1S/C20H32FN3O3/c1-3-22-20(23-10-4-12-25-15-17-9-13-26-16-17)24(2)11-14-27-19-7-5-18(21)6-8-19/h5-8,17H,3-4,9-16H2,1-2H3,(H,22,23). The van der Waals surface area contributed by atoms with Crippen molar-refractivity contribution in [3.63, 3.8) is 0 Å². The van der Waals surface area contributed by atoms with E-state index in [1.165, 1.54) is 12.1 Å². The number of likely N-dealkylation sites (N-methyl/N-ethyl adjacent to an activating group) is 1. The fourth-order valence-corrected chi connectivity index (χ4v) is 2.72. The summed E-state index contributed by atoms with van der Waals surface area (Å²) in [5, 5.41) is 3.29. The minimum Gasteiger partial charge on any atom is -0.492 e. The SMILES string of the molecule is CCNC(=NCCCOCC1CCOC1)N(C)CCOc1ccc(F)cc1. The zero-order chi connectivity index (χ0) is 19.3. The van der Waals surface area contributed by atoms with Crippen molar-refractivity contribution in [2.24, 2.45) is 10.9 Å². The minimum absolute atomic E-state index is 0.262. The van der Waals surface area contributed by atoms with Crippen LogP contribution in [0.5, 0.6) is 5.75 Å². The first kappa shape index (κ1) is 21.4. The Hall–Kier alpha value is -1.86. The molecule has 0 spiro atoms. The lowest BCUT2D eigenvalue weighted by molar-refractivity contribution is 0.0893. The maximum Gasteiger partial charge on any atom is 0.193 e. The molecule has 0 aromatic heterocycles. The Bertz CT molecular complexity index is 548. The van der Waals surface area contributed by atoms with Gasteiger partial charge in [0, 0.05) is 39.3 Å². The molecule has 1 atom stereocenters. The van der Waals surface area contributed by atoms with Crippen molar-refractivity contribution in [1.29, 1.82) is 0 Å². The van der Waals surface area contributed by atoms with Crippen molar-refractivity contribution in [2.45, 2.75) is 19.8 Å². The highest BCUT2D eigenvalue weighted by molar-refractivity contribution is 5.79. The molecule has 2 rings (SSSR count). The molecule has 1 unspecified atom stereocenters. The molecule has 1 aromatic carbocycles. The maximum atomic E-state index is 12.9. The molecule has 27 heavy (non-hydrogen) atoms. The van der Waals surface area contributed by atoms with Crippen molar-refractivity contribution in [1.82, 2.24) is 10.2 Å². The normalized spacial score (nSPS) is 17.1. The van der Waals surface area contributed by atoms with Gasteiger partial charge in [0.1, 0.15) is 18.2 Å². The fraction of sp³-hybridized carbons (Fsp3) is 0.650. The third-order valence-electron chi connectivity index (χ3n) is 4.29. The lowest BCUT2D eigenvalue weighted by atomic mass is 10.1. The Morgan fingerprint density at radius 1 is 1.33 bits per heavy atom. The van der Waals surface area contributed by atoms with Crippen LogP contribution in [0.15, 0.2) is 29.3 Å². The van der Waals surface area contributed by atoms with Gasteiger partial charge in [0.05, 0.1) is 19.8 Å². The molecule has 0 amide bonds. The molecular weight excluding hydrogens is 349 g/mol. The van der Waals surface area contributed by atoms with Crippen LogP contribution < -0.4 is 10.1 Å². The van der Waals surface area contributed by atoms with E-state index < -0.39 is 0 Å². The molecule has 1 aromatic rings. The van der Waals surface area contributed by atoms with Gasteiger partial charge < -0.3 is 24.4 Å². The summed E-state index contributed by atoms with van der Waals surface area (Å²) in [5.74, 6) is 1.81. The number of nitrogens with one attached hydrogen (secondary N) is 1. The monoisotopic (exact) mass is 381 g/mol. The van der Waals surface area contributed by atoms with Crippen LogP contribution in [0.3, 0.4) is 0 Å². The summed E-state index contributed by atoms with van der Waals surface area (Å²) in [5.41, 5.74) is 0. The predicted octanol–water partition coefficient (Wildman–Crippen LogP) is 2.55. The topological polar surface area (TPSA) is 55.3 Å². The molecule has 1 N–H and O–H groups in total. The number of aliphatic imine (C=N–C) groups is 1. The second-order valence-corrected chi connectivity index (χ2v) is 6.62. The highest BCUT2D eigenvalue weighted by atomic mass is 19.1. The summed E-state index contributed by atoms with van der Waals surface area (Å²) in [4.78, 5) is 6.67. The van der Waals surface area contributed by atoms with E-state index in [0.717, 1.165) is 51.8 Å². The van der Waals surface area contributed by atoms with Gasteiger partial charge >= 0.3 is 0 Å². The van der Waals surface area contributed by atoms with E-state index >= 15 is 0 Å². The fourth-order valence-electron chi connectivity index (χ4n) is 2.72. The zero-order valence-electron chi connectivity index (χ0n) is 16.5. The minimum atomic E-state index is -0.262. The van der Waals surface area contributed by atoms with Gasteiger partial charge in [-0.3, -0.25) is 4.99 Å². The third-order valence-corrected chi connectivity index (χ3v) is 4.29. The maximum absolute atomic E-state index is 12.9. The Balaban J connectivity index is 1.63. The first-order valence-electron chi connectivity index (χ1n) is 9.72. The molecule has 152 valence electrons. The van der Waals surface area contributed by atoms with Gasteiger partial charge in [-0.15, -0.1) is 0 Å². The average molecular weight is 381 g/mol. The molecule has 1 aliphatic heterocycles. The van der Waals surface area contributed by atoms with Crippen LogP contribution in [0.1, 0.15) is 19.8 Å². The summed E-state index contributed by atoms with van der Waals surface area (Å²) in [6, 6.07) is 6.05. The van der Waals surface area contributed by atoms with Crippen LogP contribution in [-0.2, 0) is 9.47 Å². The molecule has 0 bridgehead atoms. The Labute approximate surface area is 161 Å². The highest BCUT2D eigenvalue weighted by Gasteiger charge is 2.15. The summed E-state index contributed by atoms with van der Waals surface area (Å²) in [7, 11) is 1.98. The van der Waals surface area contributed by atoms with E-state index in [9.17, 15) is 4.39 Å². The lowest BCUT2D eigenvalue weighted by Gasteiger charge is -2.22. The van der Waals surface area contributed by atoms with E-state index in [0.29, 0.717) is 31.4 Å². The largest absolute Gasteiger partial charge is 0.492 e. The summed E-state index contributed by atoms with van der Waals surface area (Å²) >= 11 is 0. The van der Waals surface area contributed by atoms with Gasteiger partial charge in [0.2, 0.25) is 0 Å². The number of halogens is 1. The van der Waals surface area contributed by atoms with Gasteiger partial charge in [-0.25, -0.2) is 4.39 Å². The van der Waals surface area contributed by atoms with Crippen LogP contribution in [0, 0.1) is 11.7 Å². The van der Waals surface area contributed by atoms with Gasteiger partial charge in [-0.05, 0) is 44.0 Å². The molecule has 7 heteroatoms. The van der Waals surface area contributed by atoms with Crippen molar-refractivity contribution in [3.05, 3.63) is 30.1 Å². The van der Waals surface area contributed by atoms with Gasteiger partial charge in [0.15, 0.2) is 5.96 Å².